The first-order chi connectivity index (χ1) is 16.4. The van der Waals surface area contributed by atoms with E-state index < -0.39 is 11.7 Å². The minimum atomic E-state index is -4.39. The fourth-order valence-corrected chi connectivity index (χ4v) is 3.49. The van der Waals surface area contributed by atoms with Gasteiger partial charge in [-0.25, -0.2) is 8.78 Å². The molecule has 3 nitrogen and oxygen atoms in total. The number of fused-ring (bicyclic) bond motifs is 1. The van der Waals surface area contributed by atoms with Gasteiger partial charge in [0.2, 0.25) is 0 Å². The van der Waals surface area contributed by atoms with Gasteiger partial charge in [0, 0.05) is 11.1 Å². The molecule has 1 atom stereocenters. The molecule has 1 aliphatic carbocycles. The van der Waals surface area contributed by atoms with Crippen LogP contribution in [-0.2, 0) is 0 Å². The van der Waals surface area contributed by atoms with Crippen molar-refractivity contribution in [2.24, 2.45) is 17.4 Å². The fraction of sp³-hybridized carbons (Fsp3) is 0.333. The van der Waals surface area contributed by atoms with Gasteiger partial charge in [0.1, 0.15) is 17.2 Å². The van der Waals surface area contributed by atoms with E-state index >= 15 is 0 Å². The lowest BCUT2D eigenvalue weighted by molar-refractivity contribution is -0.172. The molecular formula is C27H34F5N3. The van der Waals surface area contributed by atoms with Crippen molar-refractivity contribution < 1.29 is 22.0 Å². The van der Waals surface area contributed by atoms with Crippen LogP contribution in [0.4, 0.5) is 22.0 Å². The monoisotopic (exact) mass is 495 g/mol. The second-order valence-electron chi connectivity index (χ2n) is 8.25. The van der Waals surface area contributed by atoms with Crippen LogP contribution in [0.2, 0.25) is 0 Å². The van der Waals surface area contributed by atoms with E-state index in [2.05, 4.69) is 30.5 Å². The molecule has 192 valence electrons. The summed E-state index contributed by atoms with van der Waals surface area (Å²) < 4.78 is 63.9. The highest BCUT2D eigenvalue weighted by atomic mass is 19.4. The highest BCUT2D eigenvalue weighted by Gasteiger charge is 2.51. The van der Waals surface area contributed by atoms with Crippen molar-refractivity contribution in [3.63, 3.8) is 0 Å². The lowest BCUT2D eigenvalue weighted by Gasteiger charge is -2.38. The number of nitrogens with one attached hydrogen (secondary N) is 1. The molecule has 5 N–H and O–H groups in total. The first-order valence-electron chi connectivity index (χ1n) is 11.1. The number of alkyl halides is 3. The Hall–Kier alpha value is -2.97. The number of aromatic nitrogens is 1. The van der Waals surface area contributed by atoms with E-state index in [9.17, 15) is 22.0 Å². The number of aromatic amines is 1. The van der Waals surface area contributed by atoms with Gasteiger partial charge in [0.05, 0.1) is 5.52 Å². The summed E-state index contributed by atoms with van der Waals surface area (Å²) in [4.78, 5) is 3.03. The average Bonchev–Trinajstić information content (AvgIpc) is 3.20. The average molecular weight is 496 g/mol. The lowest BCUT2D eigenvalue weighted by Crippen LogP contribution is -2.54. The maximum Gasteiger partial charge on any atom is 0.409 e. The smallest absolute Gasteiger partial charge is 0.352 e. The molecule has 1 aliphatic rings. The largest absolute Gasteiger partial charge is 0.409 e. The van der Waals surface area contributed by atoms with Gasteiger partial charge in [-0.15, -0.1) is 13.2 Å². The Morgan fingerprint density at radius 1 is 1.00 bits per heavy atom. The molecular weight excluding hydrogens is 461 g/mol. The summed E-state index contributed by atoms with van der Waals surface area (Å²) in [6.07, 6.45) is -1.82. The molecule has 4 rings (SSSR count). The zero-order valence-corrected chi connectivity index (χ0v) is 20.4. The van der Waals surface area contributed by atoms with Crippen LogP contribution in [0.15, 0.2) is 67.8 Å². The second kappa shape index (κ2) is 12.7. The third kappa shape index (κ3) is 7.26. The summed E-state index contributed by atoms with van der Waals surface area (Å²) in [7, 11) is 1.50. The van der Waals surface area contributed by atoms with E-state index in [0.29, 0.717) is 5.52 Å². The Morgan fingerprint density at radius 3 is 2.00 bits per heavy atom. The predicted molar refractivity (Wildman–Crippen MR) is 135 cm³/mol. The predicted octanol–water partition coefficient (Wildman–Crippen LogP) is 7.42. The number of halogens is 5. The number of H-pyrrole nitrogens is 1. The molecule has 0 spiro atoms. The number of rotatable bonds is 3. The van der Waals surface area contributed by atoms with Crippen LogP contribution in [0.3, 0.4) is 0 Å². The highest BCUT2D eigenvalue weighted by Crippen LogP contribution is 2.42. The number of benzene rings is 2. The molecule has 1 saturated carbocycles. The van der Waals surface area contributed by atoms with Crippen LogP contribution in [0.5, 0.6) is 0 Å². The Balaban J connectivity index is 0.000000320. The van der Waals surface area contributed by atoms with E-state index in [1.165, 1.54) is 25.2 Å². The van der Waals surface area contributed by atoms with E-state index in [0.717, 1.165) is 48.4 Å². The molecule has 0 radical (unpaired) electrons. The number of hydrogen-bond acceptors (Lipinski definition) is 2. The summed E-state index contributed by atoms with van der Waals surface area (Å²) >= 11 is 0. The van der Waals surface area contributed by atoms with Crippen molar-refractivity contribution in [1.29, 1.82) is 0 Å². The van der Waals surface area contributed by atoms with Gasteiger partial charge < -0.3 is 16.5 Å². The normalized spacial score (nSPS) is 14.7. The Kier molecular flexibility index (Phi) is 10.9. The van der Waals surface area contributed by atoms with Crippen molar-refractivity contribution in [2.75, 3.05) is 7.05 Å². The van der Waals surface area contributed by atoms with E-state index in [-0.39, 0.29) is 23.1 Å². The maximum absolute atomic E-state index is 13.7. The van der Waals surface area contributed by atoms with Crippen LogP contribution in [0.25, 0.3) is 22.2 Å². The summed E-state index contributed by atoms with van der Waals surface area (Å²) in [6, 6.07) is 11.4. The standard InChI is InChI=1S/C15H11F2N.C9H14F3N.C2H4.CH5N/c1-9-6-11-8-14(18-15(11)13(17)7-9)10-2-4-12(16)5-3-10;1-6(7-4-3-5-7)8(2,13)9(10,11)12;2*1-2/h2-8,18H,1H3;7H,1,3-5,13H2,2H3;1-2H2;2H2,1H3. The molecule has 1 unspecified atom stereocenters. The Bertz CT molecular complexity index is 1090. The molecule has 0 aliphatic heterocycles. The van der Waals surface area contributed by atoms with Crippen LogP contribution in [0, 0.1) is 24.5 Å². The zero-order chi connectivity index (χ0) is 27.0. The zero-order valence-electron chi connectivity index (χ0n) is 20.4. The van der Waals surface area contributed by atoms with Crippen molar-refractivity contribution in [3.8, 4) is 11.3 Å². The molecule has 35 heavy (non-hydrogen) atoms. The van der Waals surface area contributed by atoms with Crippen LogP contribution in [0.1, 0.15) is 31.7 Å². The SMILES string of the molecule is C=C.C=C(C1CCC1)C(C)(N)C(F)(F)F.CN.Cc1cc(F)c2[nH]c(-c3ccc(F)cc3)cc2c1. The molecule has 2 aromatic carbocycles. The fourth-order valence-electron chi connectivity index (χ4n) is 3.49. The van der Waals surface area contributed by atoms with Crippen LogP contribution in [-0.4, -0.2) is 23.7 Å². The molecule has 1 aromatic heterocycles. The minimum Gasteiger partial charge on any atom is -0.352 e. The van der Waals surface area contributed by atoms with Gasteiger partial charge in [-0.1, -0.05) is 13.0 Å². The van der Waals surface area contributed by atoms with E-state index in [4.69, 9.17) is 5.73 Å². The number of nitrogens with two attached hydrogens (primary N) is 2. The summed E-state index contributed by atoms with van der Waals surface area (Å²) in [5.41, 5.74) is 10.6. The molecule has 1 heterocycles. The van der Waals surface area contributed by atoms with Crippen LogP contribution < -0.4 is 11.5 Å². The topological polar surface area (TPSA) is 67.8 Å². The Labute approximate surface area is 203 Å². The van der Waals surface area contributed by atoms with Gasteiger partial charge in [0.15, 0.2) is 0 Å². The molecule has 0 amide bonds. The maximum atomic E-state index is 13.7. The van der Waals surface area contributed by atoms with Crippen molar-refractivity contribution in [2.45, 2.75) is 44.8 Å². The molecule has 0 saturated heterocycles. The third-order valence-electron chi connectivity index (χ3n) is 5.83. The van der Waals surface area contributed by atoms with Gasteiger partial charge >= 0.3 is 6.18 Å². The molecule has 8 heteroatoms. The first-order valence-corrected chi connectivity index (χ1v) is 11.1. The van der Waals surface area contributed by atoms with Crippen molar-refractivity contribution in [3.05, 3.63) is 85.0 Å². The minimum absolute atomic E-state index is 0.0309. The Morgan fingerprint density at radius 2 is 1.54 bits per heavy atom. The highest BCUT2D eigenvalue weighted by molar-refractivity contribution is 5.86. The quantitative estimate of drug-likeness (QED) is 0.261. The van der Waals surface area contributed by atoms with Crippen molar-refractivity contribution >= 4 is 10.9 Å². The summed E-state index contributed by atoms with van der Waals surface area (Å²) in [5.74, 6) is -0.577. The van der Waals surface area contributed by atoms with E-state index in [1.54, 1.807) is 12.1 Å². The second-order valence-corrected chi connectivity index (χ2v) is 8.25. The van der Waals surface area contributed by atoms with Gasteiger partial charge in [-0.3, -0.25) is 0 Å². The lowest BCUT2D eigenvalue weighted by atomic mass is 9.73. The molecule has 3 aromatic rings. The van der Waals surface area contributed by atoms with Crippen LogP contribution >= 0.6 is 0 Å². The van der Waals surface area contributed by atoms with Crippen molar-refractivity contribution in [1.82, 2.24) is 4.98 Å². The first kappa shape index (κ1) is 30.1. The molecule has 1 fully saturated rings. The third-order valence-corrected chi connectivity index (χ3v) is 5.83. The van der Waals surface area contributed by atoms with E-state index in [1.807, 2.05) is 19.1 Å². The number of hydrogen-bond donors (Lipinski definition) is 3. The van der Waals surface area contributed by atoms with Gasteiger partial charge in [-0.05, 0) is 98.8 Å². The van der Waals surface area contributed by atoms with Gasteiger partial charge in [-0.2, -0.15) is 13.2 Å². The number of aryl methyl sites for hydroxylation is 1. The molecule has 0 bridgehead atoms. The summed E-state index contributed by atoms with van der Waals surface area (Å²) in [5, 5.41) is 0.826. The summed E-state index contributed by atoms with van der Waals surface area (Å²) in [6.45, 7) is 12.3. The van der Waals surface area contributed by atoms with Gasteiger partial charge in [0.25, 0.3) is 0 Å².